The number of hydrogen-bond acceptors (Lipinski definition) is 7. The van der Waals surface area contributed by atoms with E-state index >= 15 is 0 Å². The molecule has 0 spiro atoms. The van der Waals surface area contributed by atoms with Gasteiger partial charge in [0.05, 0.1) is 29.7 Å². The molecular weight excluding hydrogens is 487 g/mol. The molecule has 204 valence electrons. The highest BCUT2D eigenvalue weighted by Gasteiger charge is 2.41. The summed E-state index contributed by atoms with van der Waals surface area (Å²) in [5.74, 6) is -0.269. The van der Waals surface area contributed by atoms with E-state index in [1.165, 1.54) is 12.1 Å². The maximum absolute atomic E-state index is 13.8. The molecule has 2 saturated heterocycles. The minimum absolute atomic E-state index is 0.00419. The summed E-state index contributed by atoms with van der Waals surface area (Å²) in [6, 6.07) is 8.57. The van der Waals surface area contributed by atoms with Gasteiger partial charge in [0.25, 0.3) is 0 Å². The second kappa shape index (κ2) is 10.7. The van der Waals surface area contributed by atoms with Gasteiger partial charge < -0.3 is 19.9 Å². The first-order valence-electron chi connectivity index (χ1n) is 13.4. The summed E-state index contributed by atoms with van der Waals surface area (Å²) in [5.41, 5.74) is 2.95. The summed E-state index contributed by atoms with van der Waals surface area (Å²) in [6.07, 6.45) is 0.513. The summed E-state index contributed by atoms with van der Waals surface area (Å²) in [6.45, 7) is 11.7. The monoisotopic (exact) mass is 524 g/mol. The fourth-order valence-corrected chi connectivity index (χ4v) is 5.65. The molecule has 5 rings (SSSR count). The Morgan fingerprint density at radius 2 is 1.95 bits per heavy atom. The number of rotatable bonds is 6. The molecule has 1 aromatic carbocycles. The van der Waals surface area contributed by atoms with Crippen LogP contribution in [0.1, 0.15) is 44.6 Å². The van der Waals surface area contributed by atoms with Crippen LogP contribution in [-0.4, -0.2) is 95.9 Å². The molecule has 0 radical (unpaired) electrons. The smallest absolute Gasteiger partial charge is 0.248 e. The van der Waals surface area contributed by atoms with Gasteiger partial charge in [0.1, 0.15) is 12.4 Å². The first-order valence-corrected chi connectivity index (χ1v) is 13.4. The van der Waals surface area contributed by atoms with Crippen molar-refractivity contribution in [2.75, 3.05) is 50.8 Å². The second-order valence-electron chi connectivity index (χ2n) is 11.5. The van der Waals surface area contributed by atoms with Gasteiger partial charge in [-0.1, -0.05) is 26.0 Å². The summed E-state index contributed by atoms with van der Waals surface area (Å²) in [5, 5.41) is 12.5. The van der Waals surface area contributed by atoms with E-state index in [0.29, 0.717) is 32.6 Å². The summed E-state index contributed by atoms with van der Waals surface area (Å²) < 4.78 is 18.8. The predicted octanol–water partition coefficient (Wildman–Crippen LogP) is 1.74. The molecule has 0 bridgehead atoms. The number of ether oxygens (including phenoxy) is 1. The molecular formula is C28H37FN6O3. The minimum Gasteiger partial charge on any atom is -0.367 e. The van der Waals surface area contributed by atoms with Crippen LogP contribution in [0.25, 0.3) is 0 Å². The number of aromatic nitrogens is 2. The number of benzene rings is 1. The average molecular weight is 525 g/mol. The summed E-state index contributed by atoms with van der Waals surface area (Å²) >= 11 is 0. The van der Waals surface area contributed by atoms with Crippen molar-refractivity contribution in [3.63, 3.8) is 0 Å². The van der Waals surface area contributed by atoms with Gasteiger partial charge >= 0.3 is 0 Å². The van der Waals surface area contributed by atoms with Crippen molar-refractivity contribution in [3.8, 4) is 0 Å². The Morgan fingerprint density at radius 1 is 1.18 bits per heavy atom. The van der Waals surface area contributed by atoms with E-state index < -0.39 is 0 Å². The Bertz CT molecular complexity index is 1190. The average Bonchev–Trinajstić information content (AvgIpc) is 3.14. The van der Waals surface area contributed by atoms with Crippen molar-refractivity contribution >= 4 is 17.5 Å². The van der Waals surface area contributed by atoms with Gasteiger partial charge in [-0.05, 0) is 37.6 Å². The van der Waals surface area contributed by atoms with Gasteiger partial charge in [0.2, 0.25) is 11.8 Å². The molecule has 38 heavy (non-hydrogen) atoms. The van der Waals surface area contributed by atoms with E-state index in [1.807, 2.05) is 22.8 Å². The number of carbonyl (C=O) groups excluding carboxylic acids is 2. The number of nitrogens with one attached hydrogen (secondary N) is 1. The largest absolute Gasteiger partial charge is 0.367 e. The molecule has 3 aliphatic rings. The first-order chi connectivity index (χ1) is 18.1. The van der Waals surface area contributed by atoms with Crippen molar-refractivity contribution in [2.24, 2.45) is 0 Å². The predicted molar refractivity (Wildman–Crippen MR) is 141 cm³/mol. The molecule has 4 heterocycles. The number of anilines is 1. The maximum Gasteiger partial charge on any atom is 0.248 e. The molecule has 3 aliphatic heterocycles. The van der Waals surface area contributed by atoms with Crippen molar-refractivity contribution in [1.82, 2.24) is 25.3 Å². The zero-order chi connectivity index (χ0) is 27.0. The van der Waals surface area contributed by atoms with Crippen molar-refractivity contribution < 1.29 is 18.7 Å². The molecule has 0 aliphatic carbocycles. The highest BCUT2D eigenvalue weighted by atomic mass is 19.1. The molecule has 9 nitrogen and oxygen atoms in total. The SMILES string of the molecule is CC1CN(CC(=O)N2CC(C)(C)c3nnc(Cc4ccc(F)cc4)cc32)C(CN2CC(C)OCC2=O)CN1. The Balaban J connectivity index is 1.33. The van der Waals surface area contributed by atoms with Gasteiger partial charge in [-0.25, -0.2) is 4.39 Å². The van der Waals surface area contributed by atoms with Gasteiger partial charge in [-0.15, -0.1) is 0 Å². The fraction of sp³-hybridized carbons (Fsp3) is 0.571. The van der Waals surface area contributed by atoms with Crippen LogP contribution in [0.4, 0.5) is 10.1 Å². The lowest BCUT2D eigenvalue weighted by Crippen LogP contribution is -2.62. The number of nitrogens with zero attached hydrogens (tertiary/aromatic N) is 5. The number of carbonyl (C=O) groups is 2. The first kappa shape index (κ1) is 26.6. The zero-order valence-corrected chi connectivity index (χ0v) is 22.6. The van der Waals surface area contributed by atoms with Crippen LogP contribution in [0.2, 0.25) is 0 Å². The summed E-state index contributed by atoms with van der Waals surface area (Å²) in [7, 11) is 0. The quantitative estimate of drug-likeness (QED) is 0.616. The van der Waals surface area contributed by atoms with Crippen LogP contribution < -0.4 is 10.2 Å². The third-order valence-corrected chi connectivity index (χ3v) is 7.73. The Morgan fingerprint density at radius 3 is 2.71 bits per heavy atom. The number of piperazine rings is 1. The standard InChI is InChI=1S/C28H37FN6O3/c1-18-12-33(23(11-30-18)14-34-13-19(2)38-16-26(34)37)15-25(36)35-17-28(3,4)27-24(35)10-22(31-32-27)9-20-5-7-21(29)8-6-20/h5-8,10,18-19,23,30H,9,11-17H2,1-4H3. The topological polar surface area (TPSA) is 90.9 Å². The third kappa shape index (κ3) is 5.72. The number of halogens is 1. The highest BCUT2D eigenvalue weighted by Crippen LogP contribution is 2.39. The second-order valence-corrected chi connectivity index (χ2v) is 11.5. The number of hydrogen-bond donors (Lipinski definition) is 1. The Hall–Kier alpha value is -2.95. The van der Waals surface area contributed by atoms with Gasteiger partial charge in [-0.3, -0.25) is 14.5 Å². The van der Waals surface area contributed by atoms with Crippen LogP contribution in [0.3, 0.4) is 0 Å². The van der Waals surface area contributed by atoms with Crippen molar-refractivity contribution in [2.45, 2.75) is 57.7 Å². The van der Waals surface area contributed by atoms with E-state index in [0.717, 1.165) is 29.2 Å². The zero-order valence-electron chi connectivity index (χ0n) is 22.6. The number of amides is 2. The summed E-state index contributed by atoms with van der Waals surface area (Å²) in [4.78, 5) is 32.2. The Labute approximate surface area is 223 Å². The van der Waals surface area contributed by atoms with E-state index in [-0.39, 0.29) is 54.4 Å². The molecule has 2 amide bonds. The number of morpholine rings is 1. The van der Waals surface area contributed by atoms with E-state index in [4.69, 9.17) is 4.74 Å². The lowest BCUT2D eigenvalue weighted by atomic mass is 9.91. The fourth-order valence-electron chi connectivity index (χ4n) is 5.65. The molecule has 2 aromatic rings. The van der Waals surface area contributed by atoms with Crippen LogP contribution in [0.15, 0.2) is 30.3 Å². The third-order valence-electron chi connectivity index (χ3n) is 7.73. The van der Waals surface area contributed by atoms with Gasteiger partial charge in [0, 0.05) is 56.6 Å². The Kier molecular flexibility index (Phi) is 7.48. The van der Waals surface area contributed by atoms with Gasteiger partial charge in [0.15, 0.2) is 0 Å². The molecule has 3 atom stereocenters. The molecule has 2 fully saturated rings. The lowest BCUT2D eigenvalue weighted by molar-refractivity contribution is -0.149. The maximum atomic E-state index is 13.8. The van der Waals surface area contributed by atoms with Gasteiger partial charge in [-0.2, -0.15) is 10.2 Å². The highest BCUT2D eigenvalue weighted by molar-refractivity contribution is 5.97. The van der Waals surface area contributed by atoms with Crippen LogP contribution >= 0.6 is 0 Å². The van der Waals surface area contributed by atoms with E-state index in [2.05, 4.69) is 41.2 Å². The van der Waals surface area contributed by atoms with Crippen LogP contribution in [0.5, 0.6) is 0 Å². The minimum atomic E-state index is -0.321. The normalized spacial score (nSPS) is 25.5. The molecule has 10 heteroatoms. The molecule has 0 saturated carbocycles. The van der Waals surface area contributed by atoms with E-state index in [1.54, 1.807) is 12.1 Å². The molecule has 1 N–H and O–H groups in total. The number of fused-ring (bicyclic) bond motifs is 1. The van der Waals surface area contributed by atoms with E-state index in [9.17, 15) is 14.0 Å². The van der Waals surface area contributed by atoms with Crippen molar-refractivity contribution in [1.29, 1.82) is 0 Å². The van der Waals surface area contributed by atoms with Crippen LogP contribution in [0, 0.1) is 5.82 Å². The molecule has 1 aromatic heterocycles. The molecule has 3 unspecified atom stereocenters. The van der Waals surface area contributed by atoms with Crippen LogP contribution in [-0.2, 0) is 26.2 Å². The van der Waals surface area contributed by atoms with Crippen molar-refractivity contribution in [3.05, 3.63) is 53.1 Å². The lowest BCUT2D eigenvalue weighted by Gasteiger charge is -2.42.